The average molecular weight is 514 g/mol. The first-order valence-electron chi connectivity index (χ1n) is 10.5. The van der Waals surface area contributed by atoms with Crippen molar-refractivity contribution in [3.8, 4) is 0 Å². The molecule has 33 heavy (non-hydrogen) atoms. The van der Waals surface area contributed by atoms with Gasteiger partial charge in [-0.3, -0.25) is 0 Å². The van der Waals surface area contributed by atoms with Crippen LogP contribution in [-0.2, 0) is 9.47 Å². The van der Waals surface area contributed by atoms with E-state index >= 15 is 0 Å². The van der Waals surface area contributed by atoms with Crippen molar-refractivity contribution in [2.45, 2.75) is 0 Å². The Hall–Kier alpha value is -2.07. The van der Waals surface area contributed by atoms with Crippen molar-refractivity contribution < 1.29 is 18.3 Å². The normalized spacial score (nSPS) is 16.2. The van der Waals surface area contributed by atoms with E-state index in [0.29, 0.717) is 27.2 Å². The van der Waals surface area contributed by atoms with Crippen molar-refractivity contribution in [3.05, 3.63) is 51.8 Å². The number of ether oxygens (including phenoxy) is 2. The van der Waals surface area contributed by atoms with Gasteiger partial charge in [-0.1, -0.05) is 23.2 Å². The molecule has 2 saturated heterocycles. The van der Waals surface area contributed by atoms with Gasteiger partial charge in [-0.05, 0) is 48.0 Å². The SMILES string of the molecule is C1COCCN1.Clc1ccc2oc(Cl)nc2c1.Clc1ccc2oc(N3CCOCC3)nc2c1. The van der Waals surface area contributed by atoms with E-state index in [1.54, 1.807) is 24.3 Å². The van der Waals surface area contributed by atoms with Gasteiger partial charge in [0.25, 0.3) is 11.4 Å². The van der Waals surface area contributed by atoms with E-state index in [-0.39, 0.29) is 5.35 Å². The van der Waals surface area contributed by atoms with E-state index in [1.807, 2.05) is 12.1 Å². The first-order valence-corrected chi connectivity index (χ1v) is 11.6. The molecule has 176 valence electrons. The number of benzene rings is 2. The van der Waals surface area contributed by atoms with Gasteiger partial charge >= 0.3 is 0 Å². The monoisotopic (exact) mass is 512 g/mol. The van der Waals surface area contributed by atoms with Gasteiger partial charge in [0.15, 0.2) is 11.2 Å². The van der Waals surface area contributed by atoms with Gasteiger partial charge in [-0.2, -0.15) is 9.97 Å². The summed E-state index contributed by atoms with van der Waals surface area (Å²) in [6.45, 7) is 6.92. The molecular formula is C22H23Cl3N4O4. The minimum absolute atomic E-state index is 0.141. The molecule has 11 heteroatoms. The van der Waals surface area contributed by atoms with Crippen LogP contribution in [0.15, 0.2) is 45.2 Å². The predicted octanol–water partition coefficient (Wildman–Crippen LogP) is 5.06. The van der Waals surface area contributed by atoms with Crippen LogP contribution in [0.4, 0.5) is 6.01 Å². The topological polar surface area (TPSA) is 85.8 Å². The second kappa shape index (κ2) is 11.9. The largest absolute Gasteiger partial charge is 0.428 e. The highest BCUT2D eigenvalue weighted by Gasteiger charge is 2.16. The van der Waals surface area contributed by atoms with E-state index in [2.05, 4.69) is 20.2 Å². The van der Waals surface area contributed by atoms with Crippen LogP contribution in [0.1, 0.15) is 0 Å². The summed E-state index contributed by atoms with van der Waals surface area (Å²) in [5.74, 6) is 0. The van der Waals surface area contributed by atoms with Crippen LogP contribution < -0.4 is 10.2 Å². The summed E-state index contributed by atoms with van der Waals surface area (Å²) in [6, 6.07) is 11.3. The minimum atomic E-state index is 0.141. The molecule has 2 aromatic carbocycles. The number of nitrogens with one attached hydrogen (secondary N) is 1. The van der Waals surface area contributed by atoms with Crippen molar-refractivity contribution in [1.82, 2.24) is 15.3 Å². The van der Waals surface area contributed by atoms with Gasteiger partial charge in [0.1, 0.15) is 11.0 Å². The Bertz CT molecular complexity index is 1160. The summed E-state index contributed by atoms with van der Waals surface area (Å²) < 4.78 is 21.0. The van der Waals surface area contributed by atoms with Crippen LogP contribution in [-0.4, -0.2) is 62.6 Å². The molecule has 2 aromatic heterocycles. The van der Waals surface area contributed by atoms with Gasteiger partial charge in [0.05, 0.1) is 26.4 Å². The van der Waals surface area contributed by atoms with Crippen molar-refractivity contribution in [2.75, 3.05) is 57.5 Å². The highest BCUT2D eigenvalue weighted by atomic mass is 35.5. The molecule has 2 aliphatic rings. The molecule has 2 fully saturated rings. The van der Waals surface area contributed by atoms with E-state index < -0.39 is 0 Å². The number of hydrogen-bond acceptors (Lipinski definition) is 8. The molecular weight excluding hydrogens is 491 g/mol. The van der Waals surface area contributed by atoms with Crippen LogP contribution >= 0.6 is 34.8 Å². The number of nitrogens with zero attached hydrogens (tertiary/aromatic N) is 3. The molecule has 0 radical (unpaired) electrons. The second-order valence-corrected chi connectivity index (χ2v) is 8.35. The number of aromatic nitrogens is 2. The molecule has 8 nitrogen and oxygen atoms in total. The van der Waals surface area contributed by atoms with E-state index in [9.17, 15) is 0 Å². The zero-order chi connectivity index (χ0) is 23.0. The summed E-state index contributed by atoms with van der Waals surface area (Å²) in [5, 5.41) is 4.60. The number of hydrogen-bond donors (Lipinski definition) is 1. The fourth-order valence-corrected chi connectivity index (χ4v) is 3.67. The van der Waals surface area contributed by atoms with Crippen LogP contribution in [0.3, 0.4) is 0 Å². The molecule has 0 unspecified atom stereocenters. The van der Waals surface area contributed by atoms with Gasteiger partial charge in [-0.25, -0.2) is 0 Å². The fraction of sp³-hybridized carbons (Fsp3) is 0.364. The third-order valence-corrected chi connectivity index (χ3v) is 5.42. The van der Waals surface area contributed by atoms with Crippen molar-refractivity contribution in [1.29, 1.82) is 0 Å². The molecule has 0 saturated carbocycles. The third-order valence-electron chi connectivity index (χ3n) is 4.79. The maximum Gasteiger partial charge on any atom is 0.298 e. The maximum atomic E-state index is 5.90. The molecule has 4 aromatic rings. The van der Waals surface area contributed by atoms with Crippen molar-refractivity contribution >= 4 is 63.0 Å². The van der Waals surface area contributed by atoms with E-state index in [0.717, 1.165) is 63.7 Å². The lowest BCUT2D eigenvalue weighted by Gasteiger charge is -2.24. The molecule has 0 aliphatic carbocycles. The number of halogens is 3. The van der Waals surface area contributed by atoms with Crippen LogP contribution in [0.2, 0.25) is 15.4 Å². The van der Waals surface area contributed by atoms with Gasteiger partial charge in [-0.15, -0.1) is 0 Å². The second-order valence-electron chi connectivity index (χ2n) is 7.15. The summed E-state index contributed by atoms with van der Waals surface area (Å²) in [4.78, 5) is 10.4. The Balaban J connectivity index is 0.000000132. The molecule has 4 heterocycles. The standard InChI is InChI=1S/C11H11ClN2O2.C7H3Cl2NO.C4H9NO/c12-8-1-2-10-9(7-8)13-11(16-10)14-3-5-15-6-4-14;8-4-1-2-6-5(3-4)10-7(9)11-6;1-3-6-4-2-5-1/h1-2,7H,3-6H2;1-3H;5H,1-4H2. The molecule has 0 amide bonds. The number of rotatable bonds is 1. The number of oxazole rings is 2. The van der Waals surface area contributed by atoms with Crippen molar-refractivity contribution in [2.24, 2.45) is 0 Å². The smallest absolute Gasteiger partial charge is 0.298 e. The molecule has 0 spiro atoms. The Morgan fingerprint density at radius 3 is 1.88 bits per heavy atom. The summed E-state index contributed by atoms with van der Waals surface area (Å²) in [6.07, 6.45) is 0. The molecule has 0 bridgehead atoms. The lowest BCUT2D eigenvalue weighted by atomic mass is 10.3. The highest BCUT2D eigenvalue weighted by Crippen LogP contribution is 2.25. The third kappa shape index (κ3) is 6.96. The zero-order valence-electron chi connectivity index (χ0n) is 17.7. The van der Waals surface area contributed by atoms with E-state index in [1.165, 1.54) is 0 Å². The highest BCUT2D eigenvalue weighted by molar-refractivity contribution is 6.31. The number of fused-ring (bicyclic) bond motifs is 2. The average Bonchev–Trinajstić information content (AvgIpc) is 3.43. The lowest BCUT2D eigenvalue weighted by molar-refractivity contribution is 0.109. The van der Waals surface area contributed by atoms with Gasteiger partial charge in [0.2, 0.25) is 0 Å². The Labute approximate surface area is 205 Å². The summed E-state index contributed by atoms with van der Waals surface area (Å²) in [7, 11) is 0. The Morgan fingerprint density at radius 2 is 1.30 bits per heavy atom. The van der Waals surface area contributed by atoms with Crippen LogP contribution in [0.5, 0.6) is 0 Å². The van der Waals surface area contributed by atoms with Crippen LogP contribution in [0.25, 0.3) is 22.2 Å². The molecule has 0 atom stereocenters. The lowest BCUT2D eigenvalue weighted by Crippen LogP contribution is -2.36. The number of anilines is 1. The van der Waals surface area contributed by atoms with E-state index in [4.69, 9.17) is 53.1 Å². The van der Waals surface area contributed by atoms with Crippen molar-refractivity contribution in [3.63, 3.8) is 0 Å². The molecule has 2 aliphatic heterocycles. The number of morpholine rings is 2. The Kier molecular flexibility index (Phi) is 8.66. The quantitative estimate of drug-likeness (QED) is 0.378. The first kappa shape index (κ1) is 24.1. The maximum absolute atomic E-state index is 5.90. The first-order chi connectivity index (χ1) is 16.1. The van der Waals surface area contributed by atoms with Gasteiger partial charge < -0.3 is 28.5 Å². The molecule has 1 N–H and O–H groups in total. The summed E-state index contributed by atoms with van der Waals surface area (Å²) >= 11 is 17.1. The Morgan fingerprint density at radius 1 is 0.727 bits per heavy atom. The fourth-order valence-electron chi connectivity index (χ4n) is 3.17. The molecule has 6 rings (SSSR count). The minimum Gasteiger partial charge on any atom is -0.428 e. The van der Waals surface area contributed by atoms with Crippen LogP contribution in [0, 0.1) is 0 Å². The summed E-state index contributed by atoms with van der Waals surface area (Å²) in [5.41, 5.74) is 2.90. The van der Waals surface area contributed by atoms with Gasteiger partial charge in [0, 0.05) is 36.2 Å². The predicted molar refractivity (Wildman–Crippen MR) is 130 cm³/mol. The zero-order valence-corrected chi connectivity index (χ0v) is 20.0.